The van der Waals surface area contributed by atoms with Gasteiger partial charge >= 0.3 is 0 Å². The van der Waals surface area contributed by atoms with Crippen molar-refractivity contribution < 1.29 is 0 Å². The van der Waals surface area contributed by atoms with Gasteiger partial charge in [0.1, 0.15) is 13.1 Å². The number of hydrogen-bond acceptors (Lipinski definition) is 0. The fraction of sp³-hybridized carbons (Fsp3) is 0.400. The van der Waals surface area contributed by atoms with Crippen LogP contribution in [0.25, 0.3) is 0 Å². The van der Waals surface area contributed by atoms with E-state index in [1.54, 1.807) is 0 Å². The molecule has 0 aliphatic rings. The fourth-order valence-electron chi connectivity index (χ4n) is 1.32. The van der Waals surface area contributed by atoms with Crippen molar-refractivity contribution in [2.24, 2.45) is 0 Å². The molecule has 1 aromatic rings. The summed E-state index contributed by atoms with van der Waals surface area (Å²) in [6, 6.07) is 10.8. The van der Waals surface area contributed by atoms with E-state index in [0.29, 0.717) is 0 Å². The zero-order chi connectivity index (χ0) is 8.32. The van der Waals surface area contributed by atoms with Crippen LogP contribution in [0, 0.1) is 0 Å². The van der Waals surface area contributed by atoms with Gasteiger partial charge in [-0.15, -0.1) is 12.4 Å². The Morgan fingerprint density at radius 2 is 1.50 bits per heavy atom. The van der Waals surface area contributed by atoms with Gasteiger partial charge in [-0.3, -0.25) is 0 Å². The lowest BCUT2D eigenvalue weighted by molar-refractivity contribution is 1.31. The van der Waals surface area contributed by atoms with Crippen LogP contribution < -0.4 is 0 Å². The van der Waals surface area contributed by atoms with Crippen LogP contribution in [-0.4, -0.2) is 13.1 Å². The normalized spacial score (nSPS) is 10.6. The molecule has 0 nitrogen and oxygen atoms in total. The van der Waals surface area contributed by atoms with E-state index in [-0.39, 0.29) is 12.4 Å². The molecule has 0 amide bonds. The molecule has 0 saturated carbocycles. The number of benzene rings is 1. The first kappa shape index (κ1) is 12.0. The number of hydrogen-bond donors (Lipinski definition) is 0. The van der Waals surface area contributed by atoms with E-state index in [1.165, 1.54) is 10.8 Å². The van der Waals surface area contributed by atoms with Gasteiger partial charge in [-0.05, 0) is 0 Å². The first-order valence-electron chi connectivity index (χ1n) is 4.40. The highest BCUT2D eigenvalue weighted by atomic mass is 35.5. The first-order chi connectivity index (χ1) is 5.08. The highest BCUT2D eigenvalue weighted by Gasteiger charge is 2.09. The van der Waals surface area contributed by atoms with Crippen molar-refractivity contribution in [3.05, 3.63) is 35.9 Å². The zero-order valence-electron chi connectivity index (χ0n) is 8.08. The van der Waals surface area contributed by atoms with E-state index in [9.17, 15) is 0 Å². The zero-order valence-corrected chi connectivity index (χ0v) is 10.1. The van der Waals surface area contributed by atoms with Gasteiger partial charge in [-0.2, -0.15) is 5.28 Å². The van der Waals surface area contributed by atoms with Crippen LogP contribution in [-0.2, 0) is 5.28 Å². The van der Waals surface area contributed by atoms with E-state index >= 15 is 0 Å². The molecule has 0 bridgehead atoms. The van der Waals surface area contributed by atoms with Crippen molar-refractivity contribution in [2.45, 2.75) is 22.6 Å². The predicted molar refractivity (Wildman–Crippen MR) is 60.7 cm³/mol. The summed E-state index contributed by atoms with van der Waals surface area (Å²) >= 11 is -1.16. The quantitative estimate of drug-likeness (QED) is 0.640. The molecule has 0 saturated heterocycles. The summed E-state index contributed by atoms with van der Waals surface area (Å²) in [6.45, 7) is 0. The maximum Gasteiger partial charge on any atom is 0.130 e. The molecule has 0 aliphatic carbocycles. The molecule has 0 heterocycles. The Labute approximate surface area is 84.1 Å². The van der Waals surface area contributed by atoms with E-state index in [4.69, 9.17) is 0 Å². The summed E-state index contributed by atoms with van der Waals surface area (Å²) < 4.78 is 0. The third-order valence-electron chi connectivity index (χ3n) is 1.69. The third kappa shape index (κ3) is 4.83. The Hall–Kier alpha value is 0.0425. The molecule has 0 fully saturated rings. The second-order valence-corrected chi connectivity index (χ2v) is 11.0. The Morgan fingerprint density at radius 3 is 1.92 bits per heavy atom. The van der Waals surface area contributed by atoms with Gasteiger partial charge in [0, 0.05) is 0 Å². The molecular formula is C10H17AlCl-. The minimum absolute atomic E-state index is 0. The fourth-order valence-corrected chi connectivity index (χ4v) is 3.01. The maximum atomic E-state index is 2.43. The minimum atomic E-state index is -1.16. The summed E-state index contributed by atoms with van der Waals surface area (Å²) in [4.78, 5) is 0. The van der Waals surface area contributed by atoms with Gasteiger partial charge in [-0.1, -0.05) is 35.9 Å². The molecule has 0 aliphatic heterocycles. The average molecular weight is 200 g/mol. The SMILES string of the molecule is Cl.[CH3][Al-]([CH3])([CH3])[CH2]c1ccccc1. The molecule has 0 aromatic heterocycles. The summed E-state index contributed by atoms with van der Waals surface area (Å²) in [6.07, 6.45) is 0. The second-order valence-electron chi connectivity index (χ2n) is 4.65. The first-order valence-corrected chi connectivity index (χ1v) is 8.69. The van der Waals surface area contributed by atoms with Crippen LogP contribution in [0.15, 0.2) is 30.3 Å². The van der Waals surface area contributed by atoms with Crippen LogP contribution in [0.1, 0.15) is 5.56 Å². The average Bonchev–Trinajstić information content (AvgIpc) is 1.85. The standard InChI is InChI=1S/C7H7.3CH3.Al.ClH/c1-7-5-3-2-4-6-7;;;;;/h2-6H,1H2;3*1H3;;1H/q;;;;-1;. The lowest BCUT2D eigenvalue weighted by Crippen LogP contribution is -2.23. The molecule has 0 atom stereocenters. The molecule has 1 aromatic carbocycles. The Balaban J connectivity index is 0.00000121. The van der Waals surface area contributed by atoms with Gasteiger partial charge in [0.05, 0.1) is 0 Å². The van der Waals surface area contributed by atoms with Crippen LogP contribution in [0.3, 0.4) is 0 Å². The molecule has 0 radical (unpaired) electrons. The third-order valence-corrected chi connectivity index (χ3v) is 3.39. The summed E-state index contributed by atoms with van der Waals surface area (Å²) in [5, 5.41) is 1.33. The van der Waals surface area contributed by atoms with Crippen molar-refractivity contribution in [3.63, 3.8) is 0 Å². The minimum Gasteiger partial charge on any atom is -0.203 e. The topological polar surface area (TPSA) is 0 Å². The maximum absolute atomic E-state index is 2.43. The van der Waals surface area contributed by atoms with E-state index < -0.39 is 13.1 Å². The molecule has 0 unspecified atom stereocenters. The van der Waals surface area contributed by atoms with Gasteiger partial charge in [0.25, 0.3) is 0 Å². The van der Waals surface area contributed by atoms with Crippen molar-refractivity contribution in [1.82, 2.24) is 0 Å². The van der Waals surface area contributed by atoms with E-state index in [0.717, 1.165) is 0 Å². The van der Waals surface area contributed by atoms with E-state index in [2.05, 4.69) is 47.7 Å². The molecule has 2 heteroatoms. The van der Waals surface area contributed by atoms with Gasteiger partial charge in [-0.25, -0.2) is 17.4 Å². The molecule has 0 spiro atoms. The Kier molecular flexibility index (Phi) is 4.94. The Morgan fingerprint density at radius 1 is 1.00 bits per heavy atom. The van der Waals surface area contributed by atoms with Crippen LogP contribution >= 0.6 is 12.4 Å². The van der Waals surface area contributed by atoms with Gasteiger partial charge in [0.15, 0.2) is 0 Å². The number of halogens is 1. The highest BCUT2D eigenvalue weighted by molar-refractivity contribution is 6.75. The van der Waals surface area contributed by atoms with Crippen LogP contribution in [0.4, 0.5) is 0 Å². The summed E-state index contributed by atoms with van der Waals surface area (Å²) in [7, 11) is 0. The van der Waals surface area contributed by atoms with Crippen LogP contribution in [0.5, 0.6) is 0 Å². The monoisotopic (exact) mass is 199 g/mol. The second kappa shape index (κ2) is 4.92. The lowest BCUT2D eigenvalue weighted by Gasteiger charge is -2.18. The van der Waals surface area contributed by atoms with Crippen molar-refractivity contribution in [2.75, 3.05) is 0 Å². The lowest BCUT2D eigenvalue weighted by atomic mass is 10.2. The number of rotatable bonds is 2. The predicted octanol–water partition coefficient (Wildman–Crippen LogP) is 3.53. The van der Waals surface area contributed by atoms with Gasteiger partial charge < -0.3 is 0 Å². The molecular weight excluding hydrogens is 183 g/mol. The largest absolute Gasteiger partial charge is 0.203 e. The van der Waals surface area contributed by atoms with Crippen LogP contribution in [0.2, 0.25) is 17.4 Å². The molecule has 0 N–H and O–H groups in total. The molecule has 12 heavy (non-hydrogen) atoms. The molecule has 68 valence electrons. The highest BCUT2D eigenvalue weighted by Crippen LogP contribution is 2.10. The Bertz CT molecular complexity index is 213. The summed E-state index contributed by atoms with van der Waals surface area (Å²) in [5.74, 6) is 7.29. The summed E-state index contributed by atoms with van der Waals surface area (Å²) in [5.41, 5.74) is 1.50. The van der Waals surface area contributed by atoms with Crippen molar-refractivity contribution in [3.8, 4) is 0 Å². The molecule has 1 rings (SSSR count). The van der Waals surface area contributed by atoms with Gasteiger partial charge in [0.2, 0.25) is 0 Å². The van der Waals surface area contributed by atoms with E-state index in [1.807, 2.05) is 0 Å². The van der Waals surface area contributed by atoms with Crippen molar-refractivity contribution >= 4 is 25.5 Å². The van der Waals surface area contributed by atoms with Crippen molar-refractivity contribution in [1.29, 1.82) is 0 Å². The smallest absolute Gasteiger partial charge is 0.130 e.